The third-order valence-corrected chi connectivity index (χ3v) is 2.80. The summed E-state index contributed by atoms with van der Waals surface area (Å²) in [5.74, 6) is 0.904. The largest absolute Gasteiger partial charge is 0.492 e. The molecule has 1 atom stereocenters. The monoisotopic (exact) mass is 257 g/mol. The highest BCUT2D eigenvalue weighted by atomic mass is 16.5. The molecule has 2 rings (SSSR count). The molecule has 1 unspecified atom stereocenters. The molecule has 19 heavy (non-hydrogen) atoms. The Balaban J connectivity index is 1.72. The van der Waals surface area contributed by atoms with Gasteiger partial charge in [0.2, 0.25) is 0 Å². The first-order valence-corrected chi connectivity index (χ1v) is 6.42. The molecule has 1 aromatic heterocycles. The van der Waals surface area contributed by atoms with E-state index < -0.39 is 0 Å². The number of aryl methyl sites for hydroxylation is 1. The predicted molar refractivity (Wildman–Crippen MR) is 75.0 cm³/mol. The maximum absolute atomic E-state index is 5.72. The van der Waals surface area contributed by atoms with E-state index in [9.17, 15) is 0 Å². The summed E-state index contributed by atoms with van der Waals surface area (Å²) < 4.78 is 5.72. The minimum absolute atomic E-state index is 0.260. The molecule has 4 heteroatoms. The van der Waals surface area contributed by atoms with Crippen LogP contribution in [0.15, 0.2) is 42.9 Å². The smallest absolute Gasteiger partial charge is 0.119 e. The zero-order chi connectivity index (χ0) is 13.5. The average molecular weight is 257 g/mol. The van der Waals surface area contributed by atoms with E-state index in [2.05, 4.69) is 29.1 Å². The third kappa shape index (κ3) is 4.67. The van der Waals surface area contributed by atoms with Gasteiger partial charge in [0.05, 0.1) is 5.69 Å². The molecule has 2 aromatic rings. The SMILES string of the molecule is Cc1ccc(OCC(C)NCc2ccncn2)cc1. The second kappa shape index (κ2) is 6.85. The van der Waals surface area contributed by atoms with E-state index in [4.69, 9.17) is 4.74 Å². The Labute approximate surface area is 113 Å². The van der Waals surface area contributed by atoms with Crippen LogP contribution in [0, 0.1) is 6.92 Å². The Bertz CT molecular complexity index is 485. The van der Waals surface area contributed by atoms with Crippen molar-refractivity contribution in [1.82, 2.24) is 15.3 Å². The number of ether oxygens (including phenoxy) is 1. The Hall–Kier alpha value is -1.94. The van der Waals surface area contributed by atoms with Gasteiger partial charge in [-0.3, -0.25) is 0 Å². The molecule has 0 saturated carbocycles. The van der Waals surface area contributed by atoms with Gasteiger partial charge in [0.25, 0.3) is 0 Å². The van der Waals surface area contributed by atoms with Gasteiger partial charge in [0.1, 0.15) is 18.7 Å². The molecule has 0 saturated heterocycles. The van der Waals surface area contributed by atoms with Gasteiger partial charge < -0.3 is 10.1 Å². The van der Waals surface area contributed by atoms with Crippen molar-refractivity contribution in [1.29, 1.82) is 0 Å². The molecule has 0 aliphatic heterocycles. The van der Waals surface area contributed by atoms with Crippen LogP contribution in [0.2, 0.25) is 0 Å². The van der Waals surface area contributed by atoms with Crippen molar-refractivity contribution >= 4 is 0 Å². The van der Waals surface area contributed by atoms with Gasteiger partial charge in [0, 0.05) is 18.8 Å². The molecule has 1 N–H and O–H groups in total. The Morgan fingerprint density at radius 3 is 2.68 bits per heavy atom. The normalized spacial score (nSPS) is 12.1. The first kappa shape index (κ1) is 13.5. The van der Waals surface area contributed by atoms with Crippen molar-refractivity contribution in [3.63, 3.8) is 0 Å². The zero-order valence-corrected chi connectivity index (χ0v) is 11.3. The van der Waals surface area contributed by atoms with Crippen molar-refractivity contribution < 1.29 is 4.74 Å². The summed E-state index contributed by atoms with van der Waals surface area (Å²) >= 11 is 0. The number of nitrogens with zero attached hydrogens (tertiary/aromatic N) is 2. The first-order valence-electron chi connectivity index (χ1n) is 6.42. The average Bonchev–Trinajstić information content (AvgIpc) is 2.45. The Morgan fingerprint density at radius 2 is 2.00 bits per heavy atom. The molecule has 4 nitrogen and oxygen atoms in total. The van der Waals surface area contributed by atoms with Crippen LogP contribution in [0.1, 0.15) is 18.2 Å². The summed E-state index contributed by atoms with van der Waals surface area (Å²) in [5, 5.41) is 3.37. The molecular formula is C15H19N3O. The number of aromatic nitrogens is 2. The summed E-state index contributed by atoms with van der Waals surface area (Å²) in [5.41, 5.74) is 2.22. The lowest BCUT2D eigenvalue weighted by Gasteiger charge is -2.14. The summed E-state index contributed by atoms with van der Waals surface area (Å²) in [4.78, 5) is 8.06. The van der Waals surface area contributed by atoms with Crippen molar-refractivity contribution in [2.75, 3.05) is 6.61 Å². The van der Waals surface area contributed by atoms with E-state index in [1.54, 1.807) is 12.5 Å². The van der Waals surface area contributed by atoms with Crippen molar-refractivity contribution in [3.8, 4) is 5.75 Å². The van der Waals surface area contributed by atoms with E-state index in [1.807, 2.05) is 30.3 Å². The van der Waals surface area contributed by atoms with Gasteiger partial charge in [-0.15, -0.1) is 0 Å². The highest BCUT2D eigenvalue weighted by Crippen LogP contribution is 2.11. The summed E-state index contributed by atoms with van der Waals surface area (Å²) in [6.45, 7) is 5.51. The van der Waals surface area contributed by atoms with E-state index in [0.717, 1.165) is 18.0 Å². The molecule has 0 bridgehead atoms. The van der Waals surface area contributed by atoms with Gasteiger partial charge in [-0.2, -0.15) is 0 Å². The molecule has 0 spiro atoms. The zero-order valence-electron chi connectivity index (χ0n) is 11.3. The van der Waals surface area contributed by atoms with Crippen LogP contribution in [-0.2, 0) is 6.54 Å². The van der Waals surface area contributed by atoms with Crippen LogP contribution < -0.4 is 10.1 Å². The highest BCUT2D eigenvalue weighted by molar-refractivity contribution is 5.26. The van der Waals surface area contributed by atoms with Crippen molar-refractivity contribution in [3.05, 3.63) is 54.1 Å². The van der Waals surface area contributed by atoms with Gasteiger partial charge >= 0.3 is 0 Å². The first-order chi connectivity index (χ1) is 9.24. The molecule has 0 fully saturated rings. The fraction of sp³-hybridized carbons (Fsp3) is 0.333. The van der Waals surface area contributed by atoms with E-state index in [-0.39, 0.29) is 6.04 Å². The minimum atomic E-state index is 0.260. The van der Waals surface area contributed by atoms with Gasteiger partial charge in [-0.05, 0) is 32.0 Å². The van der Waals surface area contributed by atoms with Crippen LogP contribution in [0.4, 0.5) is 0 Å². The van der Waals surface area contributed by atoms with Crippen LogP contribution in [0.5, 0.6) is 5.75 Å². The van der Waals surface area contributed by atoms with Gasteiger partial charge in [0.15, 0.2) is 0 Å². The van der Waals surface area contributed by atoms with Crippen LogP contribution in [0.3, 0.4) is 0 Å². The molecule has 0 amide bonds. The quantitative estimate of drug-likeness (QED) is 0.863. The number of hydrogen-bond acceptors (Lipinski definition) is 4. The maximum atomic E-state index is 5.72. The topological polar surface area (TPSA) is 47.0 Å². The van der Waals surface area contributed by atoms with Gasteiger partial charge in [-0.1, -0.05) is 17.7 Å². The third-order valence-electron chi connectivity index (χ3n) is 2.80. The van der Waals surface area contributed by atoms with Crippen molar-refractivity contribution in [2.24, 2.45) is 0 Å². The van der Waals surface area contributed by atoms with E-state index in [1.165, 1.54) is 5.56 Å². The Kier molecular flexibility index (Phi) is 4.86. The minimum Gasteiger partial charge on any atom is -0.492 e. The molecule has 1 heterocycles. The molecule has 1 aromatic carbocycles. The van der Waals surface area contributed by atoms with Crippen LogP contribution in [-0.4, -0.2) is 22.6 Å². The summed E-state index contributed by atoms with van der Waals surface area (Å²) in [7, 11) is 0. The number of benzene rings is 1. The number of rotatable bonds is 6. The van der Waals surface area contributed by atoms with E-state index >= 15 is 0 Å². The highest BCUT2D eigenvalue weighted by Gasteiger charge is 2.03. The van der Waals surface area contributed by atoms with Crippen LogP contribution in [0.25, 0.3) is 0 Å². The van der Waals surface area contributed by atoms with E-state index in [0.29, 0.717) is 6.61 Å². The lowest BCUT2D eigenvalue weighted by Crippen LogP contribution is -2.31. The number of nitrogens with one attached hydrogen (secondary N) is 1. The fourth-order valence-electron chi connectivity index (χ4n) is 1.62. The summed E-state index contributed by atoms with van der Waals surface area (Å²) in [6.07, 6.45) is 3.31. The maximum Gasteiger partial charge on any atom is 0.119 e. The molecule has 0 aliphatic carbocycles. The number of hydrogen-bond donors (Lipinski definition) is 1. The van der Waals surface area contributed by atoms with Crippen molar-refractivity contribution in [2.45, 2.75) is 26.4 Å². The Morgan fingerprint density at radius 1 is 1.21 bits per heavy atom. The fourth-order valence-corrected chi connectivity index (χ4v) is 1.62. The molecule has 100 valence electrons. The lowest BCUT2D eigenvalue weighted by molar-refractivity contribution is 0.272. The second-order valence-electron chi connectivity index (χ2n) is 4.61. The molecular weight excluding hydrogens is 238 g/mol. The predicted octanol–water partition coefficient (Wildman–Crippen LogP) is 2.34. The summed E-state index contributed by atoms with van der Waals surface area (Å²) in [6, 6.07) is 10.2. The second-order valence-corrected chi connectivity index (χ2v) is 4.61. The lowest BCUT2D eigenvalue weighted by atomic mass is 10.2. The molecule has 0 radical (unpaired) electrons. The van der Waals surface area contributed by atoms with Crippen LogP contribution >= 0.6 is 0 Å². The van der Waals surface area contributed by atoms with Gasteiger partial charge in [-0.25, -0.2) is 9.97 Å². The molecule has 0 aliphatic rings. The standard InChI is InChI=1S/C15H19N3O/c1-12-3-5-15(6-4-12)19-10-13(2)17-9-14-7-8-16-11-18-14/h3-8,11,13,17H,9-10H2,1-2H3.